The smallest absolute Gasteiger partial charge is 0.184 e. The maximum absolute atomic E-state index is 2.36. The van der Waals surface area contributed by atoms with E-state index in [1.54, 1.807) is 11.3 Å². The molecular weight excluding hydrogens is 134 g/mol. The summed E-state index contributed by atoms with van der Waals surface area (Å²) in [5.41, 5.74) is 3.13. The molecule has 1 nitrogen and oxygen atoms in total. The number of rotatable bonds is 1. The predicted molar refractivity (Wildman–Crippen MR) is 44.3 cm³/mol. The first-order valence-corrected chi connectivity index (χ1v) is 4.42. The first-order valence-electron chi connectivity index (χ1n) is 4.42. The monoisotopic (exact) mass is 148 g/mol. The zero-order valence-electron chi connectivity index (χ0n) is 7.01. The molecule has 1 aromatic rings. The number of aromatic nitrogens is 1. The Morgan fingerprint density at radius 2 is 2.36 bits per heavy atom. The van der Waals surface area contributed by atoms with Gasteiger partial charge in [0, 0.05) is 18.1 Å². The minimum absolute atomic E-state index is 1.11. The molecule has 0 amide bonds. The second-order valence-corrected chi connectivity index (χ2v) is 3.12. The van der Waals surface area contributed by atoms with Gasteiger partial charge in [0.1, 0.15) is 6.54 Å². The molecule has 58 valence electrons. The average Bonchev–Trinajstić information content (AvgIpc) is 2.50. The molecule has 1 heterocycles. The van der Waals surface area contributed by atoms with Gasteiger partial charge in [-0.15, -0.1) is 0 Å². The third-order valence-corrected chi connectivity index (χ3v) is 2.48. The summed E-state index contributed by atoms with van der Waals surface area (Å²) in [4.78, 5) is 0. The highest BCUT2D eigenvalue weighted by Crippen LogP contribution is 2.17. The average molecular weight is 148 g/mol. The molecule has 1 aliphatic carbocycles. The van der Waals surface area contributed by atoms with E-state index in [0.717, 1.165) is 6.54 Å². The summed E-state index contributed by atoms with van der Waals surface area (Å²) in [6.07, 6.45) is 6.10. The van der Waals surface area contributed by atoms with Crippen molar-refractivity contribution in [2.75, 3.05) is 0 Å². The molecule has 0 unspecified atom stereocenters. The number of hydrogen-bond donors (Lipinski definition) is 0. The minimum Gasteiger partial charge on any atom is -0.203 e. The van der Waals surface area contributed by atoms with Gasteiger partial charge in [-0.3, -0.25) is 0 Å². The topological polar surface area (TPSA) is 3.88 Å². The van der Waals surface area contributed by atoms with Crippen LogP contribution in [-0.4, -0.2) is 0 Å². The van der Waals surface area contributed by atoms with E-state index < -0.39 is 0 Å². The number of fused-ring (bicyclic) bond motifs is 1. The molecule has 0 bridgehead atoms. The van der Waals surface area contributed by atoms with Gasteiger partial charge in [-0.1, -0.05) is 0 Å². The molecule has 0 saturated carbocycles. The van der Waals surface area contributed by atoms with E-state index in [-0.39, 0.29) is 0 Å². The van der Waals surface area contributed by atoms with E-state index in [9.17, 15) is 0 Å². The van der Waals surface area contributed by atoms with Gasteiger partial charge in [-0.25, -0.2) is 4.57 Å². The first-order chi connectivity index (χ1) is 5.42. The van der Waals surface area contributed by atoms with Crippen molar-refractivity contribution in [3.05, 3.63) is 29.6 Å². The summed E-state index contributed by atoms with van der Waals surface area (Å²) in [7, 11) is 0. The van der Waals surface area contributed by atoms with Crippen LogP contribution < -0.4 is 4.57 Å². The lowest BCUT2D eigenvalue weighted by atomic mass is 10.2. The van der Waals surface area contributed by atoms with Crippen LogP contribution in [-0.2, 0) is 19.4 Å². The van der Waals surface area contributed by atoms with Gasteiger partial charge >= 0.3 is 0 Å². The standard InChI is InChI=1S/C10H14N/c1-2-11-8-4-6-9-5-3-7-10(9)11/h4,6,8H,2-3,5,7H2,1H3/q+1. The van der Waals surface area contributed by atoms with Gasteiger partial charge in [0.25, 0.3) is 0 Å². The Balaban J connectivity index is 2.50. The molecule has 0 N–H and O–H groups in total. The third kappa shape index (κ3) is 1.05. The number of aryl methyl sites for hydroxylation is 2. The fourth-order valence-electron chi connectivity index (χ4n) is 1.91. The van der Waals surface area contributed by atoms with Crippen molar-refractivity contribution in [1.82, 2.24) is 0 Å². The highest BCUT2D eigenvalue weighted by atomic mass is 14.9. The van der Waals surface area contributed by atoms with E-state index in [2.05, 4.69) is 29.8 Å². The van der Waals surface area contributed by atoms with Crippen LogP contribution in [0.5, 0.6) is 0 Å². The summed E-state index contributed by atoms with van der Waals surface area (Å²) in [5.74, 6) is 0. The van der Waals surface area contributed by atoms with Crippen LogP contribution in [0.25, 0.3) is 0 Å². The molecule has 1 heteroatoms. The van der Waals surface area contributed by atoms with Gasteiger partial charge in [0.15, 0.2) is 11.9 Å². The van der Waals surface area contributed by atoms with Gasteiger partial charge in [-0.05, 0) is 25.8 Å². The lowest BCUT2D eigenvalue weighted by Gasteiger charge is -1.97. The predicted octanol–water partition coefficient (Wildman–Crippen LogP) is 1.48. The van der Waals surface area contributed by atoms with Crippen LogP contribution in [0.2, 0.25) is 0 Å². The van der Waals surface area contributed by atoms with E-state index in [1.165, 1.54) is 19.3 Å². The van der Waals surface area contributed by atoms with Gasteiger partial charge in [-0.2, -0.15) is 0 Å². The Morgan fingerprint density at radius 3 is 3.18 bits per heavy atom. The van der Waals surface area contributed by atoms with Crippen LogP contribution in [0.15, 0.2) is 18.3 Å². The molecular formula is C10H14N+. The van der Waals surface area contributed by atoms with Gasteiger partial charge in [0.05, 0.1) is 0 Å². The molecule has 2 rings (SSSR count). The molecule has 1 aliphatic rings. The maximum atomic E-state index is 2.36. The van der Waals surface area contributed by atoms with Crippen molar-refractivity contribution in [3.8, 4) is 0 Å². The molecule has 0 aliphatic heterocycles. The fourth-order valence-corrected chi connectivity index (χ4v) is 1.91. The quantitative estimate of drug-likeness (QED) is 0.531. The molecule has 0 saturated heterocycles. The summed E-state index contributed by atoms with van der Waals surface area (Å²) in [6.45, 7) is 3.32. The van der Waals surface area contributed by atoms with Crippen molar-refractivity contribution in [2.24, 2.45) is 0 Å². The van der Waals surface area contributed by atoms with Crippen molar-refractivity contribution in [1.29, 1.82) is 0 Å². The van der Waals surface area contributed by atoms with Crippen LogP contribution >= 0.6 is 0 Å². The zero-order chi connectivity index (χ0) is 7.68. The molecule has 0 radical (unpaired) electrons. The third-order valence-electron chi connectivity index (χ3n) is 2.48. The molecule has 0 atom stereocenters. The maximum Gasteiger partial charge on any atom is 0.184 e. The van der Waals surface area contributed by atoms with Crippen molar-refractivity contribution in [3.63, 3.8) is 0 Å². The Kier molecular flexibility index (Phi) is 1.65. The second kappa shape index (κ2) is 2.65. The zero-order valence-corrected chi connectivity index (χ0v) is 7.01. The summed E-state index contributed by atoms with van der Waals surface area (Å²) in [5, 5.41) is 0. The van der Waals surface area contributed by atoms with Crippen LogP contribution in [0.4, 0.5) is 0 Å². The fraction of sp³-hybridized carbons (Fsp3) is 0.500. The molecule has 0 spiro atoms. The molecule has 1 aromatic heterocycles. The molecule has 0 fully saturated rings. The summed E-state index contributed by atoms with van der Waals surface area (Å²) < 4.78 is 2.36. The Hall–Kier alpha value is -0.850. The number of hydrogen-bond acceptors (Lipinski definition) is 0. The Morgan fingerprint density at radius 1 is 1.45 bits per heavy atom. The second-order valence-electron chi connectivity index (χ2n) is 3.12. The minimum atomic E-state index is 1.11. The molecule has 11 heavy (non-hydrogen) atoms. The summed E-state index contributed by atoms with van der Waals surface area (Å²) >= 11 is 0. The first kappa shape index (κ1) is 6.84. The molecule has 0 aromatic carbocycles. The van der Waals surface area contributed by atoms with Crippen molar-refractivity contribution < 1.29 is 4.57 Å². The summed E-state index contributed by atoms with van der Waals surface area (Å²) in [6, 6.07) is 4.42. The van der Waals surface area contributed by atoms with E-state index >= 15 is 0 Å². The number of nitrogens with zero attached hydrogens (tertiary/aromatic N) is 1. The van der Waals surface area contributed by atoms with Crippen LogP contribution in [0.1, 0.15) is 24.6 Å². The van der Waals surface area contributed by atoms with Crippen molar-refractivity contribution in [2.45, 2.75) is 32.7 Å². The van der Waals surface area contributed by atoms with Gasteiger partial charge < -0.3 is 0 Å². The Bertz CT molecular complexity index is 266. The lowest BCUT2D eigenvalue weighted by Crippen LogP contribution is -2.36. The Labute approximate surface area is 67.7 Å². The van der Waals surface area contributed by atoms with E-state index in [0.29, 0.717) is 0 Å². The van der Waals surface area contributed by atoms with Crippen LogP contribution in [0.3, 0.4) is 0 Å². The van der Waals surface area contributed by atoms with E-state index in [1.807, 2.05) is 0 Å². The van der Waals surface area contributed by atoms with Crippen molar-refractivity contribution >= 4 is 0 Å². The normalized spacial score (nSPS) is 15.0. The number of pyridine rings is 1. The highest BCUT2D eigenvalue weighted by Gasteiger charge is 2.19. The SMILES string of the molecule is CC[n+]1cccc2c1CCC2. The van der Waals surface area contributed by atoms with Gasteiger partial charge in [0.2, 0.25) is 0 Å². The lowest BCUT2D eigenvalue weighted by molar-refractivity contribution is -0.700. The largest absolute Gasteiger partial charge is 0.203 e. The van der Waals surface area contributed by atoms with E-state index in [4.69, 9.17) is 0 Å². The highest BCUT2D eigenvalue weighted by molar-refractivity contribution is 5.20. The van der Waals surface area contributed by atoms with Crippen LogP contribution in [0, 0.1) is 0 Å².